The zero-order valence-electron chi connectivity index (χ0n) is 6.79. The van der Waals surface area contributed by atoms with E-state index in [9.17, 15) is 0 Å². The van der Waals surface area contributed by atoms with E-state index in [0.717, 1.165) is 5.89 Å². The Morgan fingerprint density at radius 2 is 2.00 bits per heavy atom. The van der Waals surface area contributed by atoms with Crippen LogP contribution in [0.5, 0.6) is 0 Å². The molecule has 3 rings (SSSR count). The van der Waals surface area contributed by atoms with E-state index in [1.807, 2.05) is 0 Å². The van der Waals surface area contributed by atoms with Gasteiger partial charge < -0.3 is 9.73 Å². The monoisotopic (exact) mass is 165 g/mol. The Labute approximate surface area is 70.4 Å². The van der Waals surface area contributed by atoms with Crippen molar-refractivity contribution in [1.82, 2.24) is 10.2 Å². The summed E-state index contributed by atoms with van der Waals surface area (Å²) >= 11 is 0. The molecule has 1 heterocycles. The van der Waals surface area contributed by atoms with Crippen LogP contribution in [-0.4, -0.2) is 16.2 Å². The molecule has 2 aliphatic carbocycles. The SMILES string of the molecule is C1CC1Nc1nnc(C2CC2)o1. The summed E-state index contributed by atoms with van der Waals surface area (Å²) in [5.41, 5.74) is 0. The molecule has 1 aromatic rings. The van der Waals surface area contributed by atoms with Gasteiger partial charge in [0.15, 0.2) is 0 Å². The molecule has 2 saturated carbocycles. The third-order valence-corrected chi connectivity index (χ3v) is 2.27. The van der Waals surface area contributed by atoms with E-state index in [-0.39, 0.29) is 0 Å². The minimum absolute atomic E-state index is 0.562. The predicted molar refractivity (Wildman–Crippen MR) is 42.9 cm³/mol. The molecule has 64 valence electrons. The number of anilines is 1. The van der Waals surface area contributed by atoms with Crippen molar-refractivity contribution in [1.29, 1.82) is 0 Å². The van der Waals surface area contributed by atoms with Crippen LogP contribution < -0.4 is 5.32 Å². The highest BCUT2D eigenvalue weighted by Gasteiger charge is 2.30. The lowest BCUT2D eigenvalue weighted by atomic mass is 10.4. The Kier molecular flexibility index (Phi) is 1.19. The van der Waals surface area contributed by atoms with Crippen molar-refractivity contribution in [2.24, 2.45) is 0 Å². The van der Waals surface area contributed by atoms with Gasteiger partial charge in [-0.05, 0) is 25.7 Å². The molecule has 0 aliphatic heterocycles. The van der Waals surface area contributed by atoms with Crippen LogP contribution in [0.3, 0.4) is 0 Å². The second-order valence-electron chi connectivity index (χ2n) is 3.64. The number of aromatic nitrogens is 2. The molecule has 12 heavy (non-hydrogen) atoms. The first-order chi connectivity index (χ1) is 5.92. The number of nitrogens with one attached hydrogen (secondary N) is 1. The maximum Gasteiger partial charge on any atom is 0.315 e. The average Bonchev–Trinajstić information content (AvgIpc) is 2.92. The van der Waals surface area contributed by atoms with E-state index in [4.69, 9.17) is 4.42 Å². The quantitative estimate of drug-likeness (QED) is 0.737. The summed E-state index contributed by atoms with van der Waals surface area (Å²) in [6.07, 6.45) is 4.90. The van der Waals surface area contributed by atoms with Crippen LogP contribution in [0.15, 0.2) is 4.42 Å². The van der Waals surface area contributed by atoms with Gasteiger partial charge in [-0.15, -0.1) is 5.10 Å². The summed E-state index contributed by atoms with van der Waals surface area (Å²) in [6.45, 7) is 0. The first kappa shape index (κ1) is 6.46. The molecular weight excluding hydrogens is 154 g/mol. The van der Waals surface area contributed by atoms with Crippen LogP contribution in [0.1, 0.15) is 37.5 Å². The van der Waals surface area contributed by atoms with E-state index in [1.54, 1.807) is 0 Å². The lowest BCUT2D eigenvalue weighted by Gasteiger charge is -1.93. The molecule has 2 fully saturated rings. The molecule has 0 aromatic carbocycles. The maximum atomic E-state index is 5.43. The summed E-state index contributed by atoms with van der Waals surface area (Å²) in [7, 11) is 0. The van der Waals surface area contributed by atoms with E-state index < -0.39 is 0 Å². The molecule has 0 atom stereocenters. The number of nitrogens with zero attached hydrogens (tertiary/aromatic N) is 2. The van der Waals surface area contributed by atoms with Crippen molar-refractivity contribution in [3.8, 4) is 0 Å². The predicted octanol–water partition coefficient (Wildman–Crippen LogP) is 1.52. The Morgan fingerprint density at radius 3 is 2.67 bits per heavy atom. The Bertz CT molecular complexity index is 288. The average molecular weight is 165 g/mol. The van der Waals surface area contributed by atoms with E-state index >= 15 is 0 Å². The van der Waals surface area contributed by atoms with Crippen molar-refractivity contribution in [2.75, 3.05) is 5.32 Å². The molecule has 1 N–H and O–H groups in total. The normalized spacial score (nSPS) is 22.7. The molecule has 4 nitrogen and oxygen atoms in total. The molecule has 0 amide bonds. The summed E-state index contributed by atoms with van der Waals surface area (Å²) in [5, 5.41) is 11.1. The third kappa shape index (κ3) is 1.17. The number of rotatable bonds is 3. The first-order valence-corrected chi connectivity index (χ1v) is 4.52. The topological polar surface area (TPSA) is 51.0 Å². The Hall–Kier alpha value is -1.06. The summed E-state index contributed by atoms with van der Waals surface area (Å²) < 4.78 is 5.43. The number of hydrogen-bond acceptors (Lipinski definition) is 4. The van der Waals surface area contributed by atoms with Gasteiger partial charge in [0.1, 0.15) is 0 Å². The zero-order chi connectivity index (χ0) is 7.97. The summed E-state index contributed by atoms with van der Waals surface area (Å²) in [4.78, 5) is 0. The van der Waals surface area contributed by atoms with Gasteiger partial charge in [0.25, 0.3) is 0 Å². The van der Waals surface area contributed by atoms with E-state index in [2.05, 4.69) is 15.5 Å². The second-order valence-corrected chi connectivity index (χ2v) is 3.64. The Balaban J connectivity index is 1.72. The van der Waals surface area contributed by atoms with Crippen molar-refractivity contribution in [2.45, 2.75) is 37.6 Å². The van der Waals surface area contributed by atoms with E-state index in [1.165, 1.54) is 25.7 Å². The number of hydrogen-bond donors (Lipinski definition) is 1. The van der Waals surface area contributed by atoms with Crippen molar-refractivity contribution < 1.29 is 4.42 Å². The van der Waals surface area contributed by atoms with Gasteiger partial charge >= 0.3 is 6.01 Å². The van der Waals surface area contributed by atoms with Crippen molar-refractivity contribution >= 4 is 6.01 Å². The smallest absolute Gasteiger partial charge is 0.315 e. The largest absolute Gasteiger partial charge is 0.408 e. The minimum Gasteiger partial charge on any atom is -0.408 e. The molecular formula is C8H11N3O. The van der Waals surface area contributed by atoms with Gasteiger partial charge in [-0.2, -0.15) is 0 Å². The lowest BCUT2D eigenvalue weighted by Crippen LogP contribution is -2.00. The molecule has 0 radical (unpaired) electrons. The van der Waals surface area contributed by atoms with Gasteiger partial charge in [0.05, 0.1) is 0 Å². The first-order valence-electron chi connectivity index (χ1n) is 4.52. The summed E-state index contributed by atoms with van der Waals surface area (Å²) in [6, 6.07) is 1.21. The molecule has 0 bridgehead atoms. The third-order valence-electron chi connectivity index (χ3n) is 2.27. The van der Waals surface area contributed by atoms with Crippen LogP contribution in [0.25, 0.3) is 0 Å². The molecule has 0 saturated heterocycles. The van der Waals surface area contributed by atoms with Gasteiger partial charge in [0, 0.05) is 12.0 Å². The minimum atomic E-state index is 0.562. The van der Waals surface area contributed by atoms with Crippen LogP contribution in [-0.2, 0) is 0 Å². The molecule has 0 spiro atoms. The highest BCUT2D eigenvalue weighted by molar-refractivity contribution is 5.23. The fraction of sp³-hybridized carbons (Fsp3) is 0.750. The Morgan fingerprint density at radius 1 is 1.17 bits per heavy atom. The zero-order valence-corrected chi connectivity index (χ0v) is 6.79. The summed E-state index contributed by atoms with van der Waals surface area (Å²) in [5.74, 6) is 1.38. The molecule has 1 aromatic heterocycles. The van der Waals surface area contributed by atoms with Crippen LogP contribution >= 0.6 is 0 Å². The maximum absolute atomic E-state index is 5.43. The van der Waals surface area contributed by atoms with Crippen LogP contribution in [0, 0.1) is 0 Å². The highest BCUT2D eigenvalue weighted by Crippen LogP contribution is 2.39. The van der Waals surface area contributed by atoms with Gasteiger partial charge in [-0.25, -0.2) is 0 Å². The molecule has 0 unspecified atom stereocenters. The highest BCUT2D eigenvalue weighted by atomic mass is 16.4. The van der Waals surface area contributed by atoms with Crippen LogP contribution in [0.2, 0.25) is 0 Å². The van der Waals surface area contributed by atoms with Gasteiger partial charge in [-0.1, -0.05) is 5.10 Å². The van der Waals surface area contributed by atoms with Gasteiger partial charge in [-0.3, -0.25) is 0 Å². The van der Waals surface area contributed by atoms with Gasteiger partial charge in [0.2, 0.25) is 5.89 Å². The molecule has 2 aliphatic rings. The van der Waals surface area contributed by atoms with E-state index in [0.29, 0.717) is 18.0 Å². The van der Waals surface area contributed by atoms with Crippen LogP contribution in [0.4, 0.5) is 6.01 Å². The lowest BCUT2D eigenvalue weighted by molar-refractivity contribution is 0.507. The molecule has 4 heteroatoms. The fourth-order valence-corrected chi connectivity index (χ4v) is 1.19. The standard InChI is InChI=1S/C8H11N3O/c1-2-5(1)7-10-11-8(12-7)9-6-3-4-6/h5-6H,1-4H2,(H,9,11). The fourth-order valence-electron chi connectivity index (χ4n) is 1.19. The second kappa shape index (κ2) is 2.21. The van der Waals surface area contributed by atoms with Crippen molar-refractivity contribution in [3.63, 3.8) is 0 Å². The van der Waals surface area contributed by atoms with Crippen molar-refractivity contribution in [3.05, 3.63) is 5.89 Å².